The number of rotatable bonds is 4. The minimum Gasteiger partial charge on any atom is -0.486 e. The lowest BCUT2D eigenvalue weighted by Gasteiger charge is -2.18. The maximum Gasteiger partial charge on any atom is 0.248 e. The molecule has 0 atom stereocenters. The lowest BCUT2D eigenvalue weighted by molar-refractivity contribution is -0.111. The van der Waals surface area contributed by atoms with E-state index < -0.39 is 0 Å². The Labute approximate surface area is 142 Å². The quantitative estimate of drug-likeness (QED) is 0.866. The van der Waals surface area contributed by atoms with Gasteiger partial charge in [0.25, 0.3) is 0 Å². The molecule has 3 rings (SSSR count). The van der Waals surface area contributed by atoms with Crippen molar-refractivity contribution in [3.05, 3.63) is 59.2 Å². The number of aryl methyl sites for hydroxylation is 2. The van der Waals surface area contributed by atoms with Gasteiger partial charge in [-0.15, -0.1) is 0 Å². The molecule has 24 heavy (non-hydrogen) atoms. The first-order valence-electron chi connectivity index (χ1n) is 8.14. The number of nitrogens with one attached hydrogen (secondary N) is 1. The molecule has 1 N–H and O–H groups in total. The number of ether oxygens (including phenoxy) is 2. The molecule has 0 saturated carbocycles. The van der Waals surface area contributed by atoms with Crippen LogP contribution in [0, 0.1) is 6.92 Å². The number of amides is 1. The van der Waals surface area contributed by atoms with Crippen LogP contribution in [0.15, 0.2) is 42.5 Å². The van der Waals surface area contributed by atoms with Gasteiger partial charge in [0.2, 0.25) is 5.91 Å². The molecule has 0 aliphatic carbocycles. The van der Waals surface area contributed by atoms with Crippen molar-refractivity contribution in [1.82, 2.24) is 0 Å². The number of fused-ring (bicyclic) bond motifs is 1. The zero-order valence-electron chi connectivity index (χ0n) is 14.0. The molecule has 0 bridgehead atoms. The van der Waals surface area contributed by atoms with Gasteiger partial charge in [-0.3, -0.25) is 4.79 Å². The largest absolute Gasteiger partial charge is 0.486 e. The standard InChI is InChI=1S/C20H21NO3/c1-3-16-6-4-5-14(2)20(16)21-19(22)10-8-15-7-9-17-18(13-15)24-12-11-23-17/h4-10,13H,3,11-12H2,1-2H3,(H,21,22)/b10-8+. The zero-order valence-corrected chi connectivity index (χ0v) is 14.0. The van der Waals surface area contributed by atoms with Gasteiger partial charge in [-0.1, -0.05) is 31.2 Å². The number of carbonyl (C=O) groups is 1. The summed E-state index contributed by atoms with van der Waals surface area (Å²) in [4.78, 5) is 12.2. The van der Waals surface area contributed by atoms with Crippen molar-refractivity contribution < 1.29 is 14.3 Å². The molecule has 0 spiro atoms. The summed E-state index contributed by atoms with van der Waals surface area (Å²) < 4.78 is 11.0. The average molecular weight is 323 g/mol. The van der Waals surface area contributed by atoms with E-state index in [0.29, 0.717) is 13.2 Å². The van der Waals surface area contributed by atoms with Crippen molar-refractivity contribution in [2.75, 3.05) is 18.5 Å². The van der Waals surface area contributed by atoms with Crippen LogP contribution in [-0.2, 0) is 11.2 Å². The molecule has 0 unspecified atom stereocenters. The van der Waals surface area contributed by atoms with E-state index in [1.165, 1.54) is 6.08 Å². The Bertz CT molecular complexity index is 780. The maximum atomic E-state index is 12.2. The van der Waals surface area contributed by atoms with Gasteiger partial charge in [0.15, 0.2) is 11.5 Å². The fourth-order valence-corrected chi connectivity index (χ4v) is 2.70. The van der Waals surface area contributed by atoms with Crippen molar-refractivity contribution in [3.63, 3.8) is 0 Å². The van der Waals surface area contributed by atoms with E-state index in [9.17, 15) is 4.79 Å². The van der Waals surface area contributed by atoms with Gasteiger partial charge < -0.3 is 14.8 Å². The first kappa shape index (κ1) is 16.1. The van der Waals surface area contributed by atoms with Crippen LogP contribution >= 0.6 is 0 Å². The normalized spacial score (nSPS) is 13.1. The van der Waals surface area contributed by atoms with E-state index in [0.717, 1.165) is 40.3 Å². The van der Waals surface area contributed by atoms with Crippen LogP contribution in [0.2, 0.25) is 0 Å². The number of hydrogen-bond acceptors (Lipinski definition) is 3. The molecule has 2 aromatic carbocycles. The Hall–Kier alpha value is -2.75. The van der Waals surface area contributed by atoms with E-state index in [1.807, 2.05) is 43.3 Å². The second-order valence-electron chi connectivity index (χ2n) is 5.69. The topological polar surface area (TPSA) is 47.6 Å². The fraction of sp³-hybridized carbons (Fsp3) is 0.250. The minimum atomic E-state index is -0.145. The zero-order chi connectivity index (χ0) is 16.9. The molecular weight excluding hydrogens is 302 g/mol. The Morgan fingerprint density at radius 3 is 2.75 bits per heavy atom. The van der Waals surface area contributed by atoms with Crippen LogP contribution in [0.4, 0.5) is 5.69 Å². The van der Waals surface area contributed by atoms with Gasteiger partial charge in [0.1, 0.15) is 13.2 Å². The third-order valence-electron chi connectivity index (χ3n) is 3.98. The highest BCUT2D eigenvalue weighted by Crippen LogP contribution is 2.31. The summed E-state index contributed by atoms with van der Waals surface area (Å²) >= 11 is 0. The molecule has 1 amide bonds. The highest BCUT2D eigenvalue weighted by molar-refractivity contribution is 6.02. The van der Waals surface area contributed by atoms with Crippen molar-refractivity contribution in [3.8, 4) is 11.5 Å². The third-order valence-corrected chi connectivity index (χ3v) is 3.98. The lowest BCUT2D eigenvalue weighted by atomic mass is 10.1. The van der Waals surface area contributed by atoms with Gasteiger partial charge in [-0.2, -0.15) is 0 Å². The van der Waals surface area contributed by atoms with E-state index in [4.69, 9.17) is 9.47 Å². The van der Waals surface area contributed by atoms with Gasteiger partial charge in [-0.25, -0.2) is 0 Å². The summed E-state index contributed by atoms with van der Waals surface area (Å²) in [5.41, 5.74) is 4.00. The summed E-state index contributed by atoms with van der Waals surface area (Å²) in [5.74, 6) is 1.32. The smallest absolute Gasteiger partial charge is 0.248 e. The number of hydrogen-bond donors (Lipinski definition) is 1. The summed E-state index contributed by atoms with van der Waals surface area (Å²) in [7, 11) is 0. The molecule has 1 heterocycles. The molecule has 0 radical (unpaired) electrons. The molecule has 4 nitrogen and oxygen atoms in total. The van der Waals surface area contributed by atoms with Crippen molar-refractivity contribution in [2.24, 2.45) is 0 Å². The SMILES string of the molecule is CCc1cccc(C)c1NC(=O)/C=C/c1ccc2c(c1)OCCO2. The summed E-state index contributed by atoms with van der Waals surface area (Å²) in [6.45, 7) is 5.20. The van der Waals surface area contributed by atoms with Gasteiger partial charge in [-0.05, 0) is 48.2 Å². The molecule has 0 saturated heterocycles. The monoisotopic (exact) mass is 323 g/mol. The van der Waals surface area contributed by atoms with Crippen LogP contribution < -0.4 is 14.8 Å². The number of benzene rings is 2. The molecule has 2 aromatic rings. The summed E-state index contributed by atoms with van der Waals surface area (Å²) in [6.07, 6.45) is 4.19. The second kappa shape index (κ2) is 7.21. The molecule has 0 aromatic heterocycles. The number of carbonyl (C=O) groups excluding carboxylic acids is 1. The number of para-hydroxylation sites is 1. The number of anilines is 1. The Morgan fingerprint density at radius 2 is 1.96 bits per heavy atom. The Kier molecular flexibility index (Phi) is 4.85. The van der Waals surface area contributed by atoms with Crippen LogP contribution in [0.1, 0.15) is 23.6 Å². The predicted octanol–water partition coefficient (Wildman–Crippen LogP) is 3.98. The molecule has 124 valence electrons. The van der Waals surface area contributed by atoms with Crippen LogP contribution in [-0.4, -0.2) is 19.1 Å². The van der Waals surface area contributed by atoms with Crippen molar-refractivity contribution in [1.29, 1.82) is 0 Å². The van der Waals surface area contributed by atoms with Gasteiger partial charge in [0.05, 0.1) is 0 Å². The summed E-state index contributed by atoms with van der Waals surface area (Å²) in [6, 6.07) is 11.7. The van der Waals surface area contributed by atoms with Crippen LogP contribution in [0.5, 0.6) is 11.5 Å². The van der Waals surface area contributed by atoms with Crippen molar-refractivity contribution in [2.45, 2.75) is 20.3 Å². The minimum absolute atomic E-state index is 0.145. The van der Waals surface area contributed by atoms with E-state index in [1.54, 1.807) is 6.08 Å². The maximum absolute atomic E-state index is 12.2. The fourth-order valence-electron chi connectivity index (χ4n) is 2.70. The highest BCUT2D eigenvalue weighted by Gasteiger charge is 2.11. The Balaban J connectivity index is 1.72. The van der Waals surface area contributed by atoms with Gasteiger partial charge >= 0.3 is 0 Å². The van der Waals surface area contributed by atoms with Crippen molar-refractivity contribution >= 4 is 17.7 Å². The lowest BCUT2D eigenvalue weighted by Crippen LogP contribution is -2.15. The van der Waals surface area contributed by atoms with E-state index in [2.05, 4.69) is 12.2 Å². The van der Waals surface area contributed by atoms with Crippen LogP contribution in [0.3, 0.4) is 0 Å². The highest BCUT2D eigenvalue weighted by atomic mass is 16.6. The molecular formula is C20H21NO3. The average Bonchev–Trinajstić information content (AvgIpc) is 2.61. The summed E-state index contributed by atoms with van der Waals surface area (Å²) in [5, 5.41) is 2.98. The molecule has 0 fully saturated rings. The molecule has 1 aliphatic heterocycles. The second-order valence-corrected chi connectivity index (χ2v) is 5.69. The van der Waals surface area contributed by atoms with Gasteiger partial charge in [0, 0.05) is 11.8 Å². The third kappa shape index (κ3) is 3.59. The Morgan fingerprint density at radius 1 is 1.17 bits per heavy atom. The van der Waals surface area contributed by atoms with E-state index in [-0.39, 0.29) is 5.91 Å². The molecule has 1 aliphatic rings. The molecule has 4 heteroatoms. The first-order valence-corrected chi connectivity index (χ1v) is 8.14. The first-order chi connectivity index (χ1) is 11.7. The van der Waals surface area contributed by atoms with Crippen LogP contribution in [0.25, 0.3) is 6.08 Å². The van der Waals surface area contributed by atoms with E-state index >= 15 is 0 Å². The predicted molar refractivity (Wildman–Crippen MR) is 95.7 cm³/mol.